The predicted molar refractivity (Wildman–Crippen MR) is 83.5 cm³/mol. The molecular weight excluding hydrogens is 273 g/mol. The van der Waals surface area contributed by atoms with Crippen LogP contribution in [0.1, 0.15) is 32.4 Å². The van der Waals surface area contributed by atoms with Gasteiger partial charge in [0.15, 0.2) is 0 Å². The predicted octanol–water partition coefficient (Wildman–Crippen LogP) is 3.32. The van der Waals surface area contributed by atoms with Crippen LogP contribution in [0.4, 0.5) is 4.39 Å². The van der Waals surface area contributed by atoms with Gasteiger partial charge in [-0.2, -0.15) is 11.8 Å². The van der Waals surface area contributed by atoms with E-state index >= 15 is 0 Å². The standard InChI is InChI=1S/C16H24FNOS/c1-11(8-18-9-12(2)20-13(3)10-18)16(19)14-6-4-5-7-15(14)17/h4-7,11-13,16,19H,8-10H2,1-3H3. The highest BCUT2D eigenvalue weighted by Crippen LogP contribution is 2.28. The zero-order valence-corrected chi connectivity index (χ0v) is 13.2. The molecule has 1 fully saturated rings. The molecule has 0 amide bonds. The van der Waals surface area contributed by atoms with E-state index in [1.165, 1.54) is 6.07 Å². The van der Waals surface area contributed by atoms with Crippen molar-refractivity contribution < 1.29 is 9.50 Å². The van der Waals surface area contributed by atoms with Gasteiger partial charge in [-0.25, -0.2) is 4.39 Å². The summed E-state index contributed by atoms with van der Waals surface area (Å²) < 4.78 is 13.7. The maximum absolute atomic E-state index is 13.7. The molecule has 1 N–H and O–H groups in total. The minimum absolute atomic E-state index is 0.0226. The summed E-state index contributed by atoms with van der Waals surface area (Å²) in [6.45, 7) is 9.38. The Morgan fingerprint density at radius 3 is 2.50 bits per heavy atom. The van der Waals surface area contributed by atoms with E-state index < -0.39 is 6.10 Å². The maximum atomic E-state index is 13.7. The molecule has 4 heteroatoms. The van der Waals surface area contributed by atoms with Crippen molar-refractivity contribution in [1.82, 2.24) is 4.90 Å². The van der Waals surface area contributed by atoms with Gasteiger partial charge in [0.1, 0.15) is 5.82 Å². The van der Waals surface area contributed by atoms with Crippen molar-refractivity contribution in [1.29, 1.82) is 0 Å². The van der Waals surface area contributed by atoms with Crippen LogP contribution in [-0.2, 0) is 0 Å². The third-order valence-electron chi connectivity index (χ3n) is 3.80. The molecule has 112 valence electrons. The molecule has 20 heavy (non-hydrogen) atoms. The molecule has 1 heterocycles. The van der Waals surface area contributed by atoms with Crippen molar-refractivity contribution >= 4 is 11.8 Å². The van der Waals surface area contributed by atoms with Gasteiger partial charge in [-0.05, 0) is 12.0 Å². The van der Waals surface area contributed by atoms with E-state index in [9.17, 15) is 9.50 Å². The lowest BCUT2D eigenvalue weighted by molar-refractivity contribution is 0.0846. The third-order valence-corrected chi connectivity index (χ3v) is 5.03. The second-order valence-corrected chi connectivity index (χ2v) is 7.80. The number of aliphatic hydroxyl groups is 1. The molecule has 0 aromatic heterocycles. The highest BCUT2D eigenvalue weighted by molar-refractivity contribution is 8.00. The van der Waals surface area contributed by atoms with Crippen LogP contribution in [0, 0.1) is 11.7 Å². The normalized spacial score (nSPS) is 27.2. The number of halogens is 1. The smallest absolute Gasteiger partial charge is 0.129 e. The Hall–Kier alpha value is -0.580. The van der Waals surface area contributed by atoms with Gasteiger partial charge in [0.2, 0.25) is 0 Å². The fourth-order valence-electron chi connectivity index (χ4n) is 2.96. The fourth-order valence-corrected chi connectivity index (χ4v) is 4.35. The molecule has 1 saturated heterocycles. The Labute approximate surface area is 125 Å². The molecule has 1 aromatic rings. The fraction of sp³-hybridized carbons (Fsp3) is 0.625. The number of aliphatic hydroxyl groups excluding tert-OH is 1. The molecule has 0 radical (unpaired) electrons. The van der Waals surface area contributed by atoms with Crippen molar-refractivity contribution in [3.05, 3.63) is 35.6 Å². The van der Waals surface area contributed by atoms with Gasteiger partial charge in [-0.3, -0.25) is 0 Å². The Morgan fingerprint density at radius 1 is 1.30 bits per heavy atom. The third kappa shape index (κ3) is 3.96. The maximum Gasteiger partial charge on any atom is 0.129 e. The van der Waals surface area contributed by atoms with Crippen LogP contribution in [0.15, 0.2) is 24.3 Å². The topological polar surface area (TPSA) is 23.5 Å². The second-order valence-electron chi connectivity index (χ2n) is 5.92. The van der Waals surface area contributed by atoms with Gasteiger partial charge < -0.3 is 10.0 Å². The number of hydrogen-bond acceptors (Lipinski definition) is 3. The molecule has 2 nitrogen and oxygen atoms in total. The summed E-state index contributed by atoms with van der Waals surface area (Å²) in [4.78, 5) is 2.39. The highest BCUT2D eigenvalue weighted by atomic mass is 32.2. The first kappa shape index (κ1) is 15.8. The minimum Gasteiger partial charge on any atom is -0.388 e. The van der Waals surface area contributed by atoms with Crippen molar-refractivity contribution in [2.45, 2.75) is 37.4 Å². The van der Waals surface area contributed by atoms with Crippen LogP contribution < -0.4 is 0 Å². The van der Waals surface area contributed by atoms with Crippen LogP contribution in [0.25, 0.3) is 0 Å². The summed E-state index contributed by atoms with van der Waals surface area (Å²) >= 11 is 2.02. The first-order valence-electron chi connectivity index (χ1n) is 7.27. The average Bonchev–Trinajstić information content (AvgIpc) is 2.37. The van der Waals surface area contributed by atoms with Gasteiger partial charge in [-0.1, -0.05) is 39.0 Å². The van der Waals surface area contributed by atoms with Gasteiger partial charge in [-0.15, -0.1) is 0 Å². The van der Waals surface area contributed by atoms with E-state index in [0.717, 1.165) is 19.6 Å². The van der Waals surface area contributed by atoms with E-state index in [0.29, 0.717) is 16.1 Å². The molecule has 4 atom stereocenters. The monoisotopic (exact) mass is 297 g/mol. The van der Waals surface area contributed by atoms with Crippen molar-refractivity contribution in [2.24, 2.45) is 5.92 Å². The molecular formula is C16H24FNOS. The number of rotatable bonds is 4. The first-order chi connectivity index (χ1) is 9.47. The molecule has 0 bridgehead atoms. The minimum atomic E-state index is -0.739. The Kier molecular flexibility index (Phi) is 5.47. The van der Waals surface area contributed by atoms with Crippen LogP contribution in [0.5, 0.6) is 0 Å². The van der Waals surface area contributed by atoms with Crippen molar-refractivity contribution in [3.63, 3.8) is 0 Å². The summed E-state index contributed by atoms with van der Waals surface area (Å²) in [7, 11) is 0. The van der Waals surface area contributed by atoms with E-state index in [4.69, 9.17) is 0 Å². The molecule has 0 saturated carbocycles. The quantitative estimate of drug-likeness (QED) is 0.922. The SMILES string of the molecule is CC1CN(CC(C)C(O)c2ccccc2F)CC(C)S1. The van der Waals surface area contributed by atoms with E-state index in [-0.39, 0.29) is 11.7 Å². The lowest BCUT2D eigenvalue weighted by atomic mass is 9.96. The lowest BCUT2D eigenvalue weighted by Crippen LogP contribution is -2.43. The van der Waals surface area contributed by atoms with Gasteiger partial charge in [0, 0.05) is 35.7 Å². The number of hydrogen-bond donors (Lipinski definition) is 1. The summed E-state index contributed by atoms with van der Waals surface area (Å²) in [5.74, 6) is -0.294. The molecule has 1 aliphatic heterocycles. The number of benzene rings is 1. The Bertz CT molecular complexity index is 432. The van der Waals surface area contributed by atoms with Crippen molar-refractivity contribution in [3.8, 4) is 0 Å². The van der Waals surface area contributed by atoms with Crippen LogP contribution >= 0.6 is 11.8 Å². The molecule has 0 spiro atoms. The highest BCUT2D eigenvalue weighted by Gasteiger charge is 2.26. The zero-order chi connectivity index (χ0) is 14.7. The largest absolute Gasteiger partial charge is 0.388 e. The van der Waals surface area contributed by atoms with Gasteiger partial charge >= 0.3 is 0 Å². The van der Waals surface area contributed by atoms with Crippen LogP contribution in [-0.4, -0.2) is 40.1 Å². The van der Waals surface area contributed by atoms with E-state index in [1.54, 1.807) is 18.2 Å². The average molecular weight is 297 g/mol. The molecule has 4 unspecified atom stereocenters. The first-order valence-corrected chi connectivity index (χ1v) is 8.22. The molecule has 1 aromatic carbocycles. The Morgan fingerprint density at radius 2 is 1.90 bits per heavy atom. The van der Waals surface area contributed by atoms with Crippen LogP contribution in [0.3, 0.4) is 0 Å². The molecule has 1 aliphatic rings. The van der Waals surface area contributed by atoms with E-state index in [2.05, 4.69) is 18.7 Å². The number of nitrogens with zero attached hydrogens (tertiary/aromatic N) is 1. The molecule has 0 aliphatic carbocycles. The summed E-state index contributed by atoms with van der Waals surface area (Å²) in [6.07, 6.45) is -0.739. The van der Waals surface area contributed by atoms with Gasteiger partial charge in [0.25, 0.3) is 0 Å². The van der Waals surface area contributed by atoms with E-state index in [1.807, 2.05) is 18.7 Å². The second kappa shape index (κ2) is 6.92. The van der Waals surface area contributed by atoms with Gasteiger partial charge in [0.05, 0.1) is 6.10 Å². The summed E-state index contributed by atoms with van der Waals surface area (Å²) in [6, 6.07) is 6.51. The summed E-state index contributed by atoms with van der Waals surface area (Å²) in [5.41, 5.74) is 0.410. The Balaban J connectivity index is 1.97. The summed E-state index contributed by atoms with van der Waals surface area (Å²) in [5, 5.41) is 11.6. The zero-order valence-electron chi connectivity index (χ0n) is 12.4. The number of thioether (sulfide) groups is 1. The van der Waals surface area contributed by atoms with Crippen LogP contribution in [0.2, 0.25) is 0 Å². The lowest BCUT2D eigenvalue weighted by Gasteiger charge is -2.36. The van der Waals surface area contributed by atoms with Crippen molar-refractivity contribution in [2.75, 3.05) is 19.6 Å². The molecule has 2 rings (SSSR count).